The molecule has 0 fully saturated rings. The van der Waals surface area contributed by atoms with Gasteiger partial charge in [0.15, 0.2) is 0 Å². The van der Waals surface area contributed by atoms with Crippen LogP contribution in [0.3, 0.4) is 0 Å². The number of carbonyl (C=O) groups is 1. The van der Waals surface area contributed by atoms with Crippen LogP contribution in [-0.4, -0.2) is 25.9 Å². The van der Waals surface area contributed by atoms with Crippen LogP contribution in [0, 0.1) is 0 Å². The largest absolute Gasteiger partial charge is 0.503 e. The smallest absolute Gasteiger partial charge is 0.341 e. The molecule has 0 saturated heterocycles. The van der Waals surface area contributed by atoms with Crippen molar-refractivity contribution < 1.29 is 38.5 Å². The van der Waals surface area contributed by atoms with Crippen molar-refractivity contribution in [2.75, 3.05) is 14.2 Å². The molecule has 0 unspecified atom stereocenters. The molecule has 0 N–H and O–H groups in total. The highest BCUT2D eigenvalue weighted by Gasteiger charge is 2.65. The van der Waals surface area contributed by atoms with Crippen LogP contribution >= 0.6 is 10.2 Å². The van der Waals surface area contributed by atoms with E-state index < -0.39 is 21.1 Å². The lowest BCUT2D eigenvalue weighted by Gasteiger charge is -2.40. The first-order chi connectivity index (χ1) is 14.3. The van der Waals surface area contributed by atoms with E-state index in [9.17, 15) is 24.2 Å². The summed E-state index contributed by atoms with van der Waals surface area (Å²) in [6.07, 6.45) is 1.20. The van der Waals surface area contributed by atoms with Crippen molar-refractivity contribution >= 4 is 27.5 Å². The Morgan fingerprint density at radius 1 is 1.03 bits per heavy atom. The van der Waals surface area contributed by atoms with Gasteiger partial charge in [-0.25, -0.2) is 4.79 Å². The van der Waals surface area contributed by atoms with E-state index in [2.05, 4.69) is 5.16 Å². The maximum atomic E-state index is 13.0. The molecule has 5 nitrogen and oxygen atoms in total. The maximum absolute atomic E-state index is 13.0. The summed E-state index contributed by atoms with van der Waals surface area (Å²) in [7, 11) is -7.24. The molecular formula is C20H20F5NO4S. The van der Waals surface area contributed by atoms with E-state index in [0.29, 0.717) is 23.3 Å². The van der Waals surface area contributed by atoms with Crippen LogP contribution in [0.5, 0.6) is 0 Å². The SMILES string of the molecule is CO/C=C(\C(=O)OC)c1ccccc1CO/N=C(\C)c1cccc(S(F)(F)(F)(F)F)c1. The number of halogens is 5. The van der Waals surface area contributed by atoms with Gasteiger partial charge in [-0.15, -0.1) is 0 Å². The highest BCUT2D eigenvalue weighted by atomic mass is 32.5. The third-order valence-electron chi connectivity index (χ3n) is 4.07. The van der Waals surface area contributed by atoms with Crippen LogP contribution in [0.15, 0.2) is 64.8 Å². The van der Waals surface area contributed by atoms with Crippen LogP contribution < -0.4 is 0 Å². The van der Waals surface area contributed by atoms with E-state index in [1.807, 2.05) is 0 Å². The van der Waals surface area contributed by atoms with Crippen molar-refractivity contribution in [2.45, 2.75) is 18.4 Å². The molecule has 170 valence electrons. The minimum Gasteiger partial charge on any atom is -0.503 e. The topological polar surface area (TPSA) is 57.1 Å². The summed E-state index contributed by atoms with van der Waals surface area (Å²) in [4.78, 5) is 15.2. The third-order valence-corrected chi connectivity index (χ3v) is 5.21. The number of oxime groups is 1. The van der Waals surface area contributed by atoms with Crippen LogP contribution in [0.25, 0.3) is 5.57 Å². The Kier molecular flexibility index (Phi) is 6.41. The van der Waals surface area contributed by atoms with Gasteiger partial charge in [0, 0.05) is 11.1 Å². The van der Waals surface area contributed by atoms with Crippen LogP contribution in [-0.2, 0) is 25.7 Å². The first-order valence-corrected chi connectivity index (χ1v) is 10.6. The lowest BCUT2D eigenvalue weighted by molar-refractivity contribution is -0.133. The van der Waals surface area contributed by atoms with Gasteiger partial charge in [-0.3, -0.25) is 0 Å². The minimum absolute atomic E-state index is 0.0400. The van der Waals surface area contributed by atoms with Crippen LogP contribution in [0.1, 0.15) is 23.6 Å². The first-order valence-electron chi connectivity index (χ1n) is 8.67. The zero-order valence-electron chi connectivity index (χ0n) is 16.8. The van der Waals surface area contributed by atoms with Crippen molar-refractivity contribution in [3.63, 3.8) is 0 Å². The molecule has 0 amide bonds. The van der Waals surface area contributed by atoms with Crippen molar-refractivity contribution in [3.8, 4) is 0 Å². The molecule has 0 heterocycles. The number of hydrogen-bond donors (Lipinski definition) is 0. The quantitative estimate of drug-likeness (QED) is 0.112. The summed E-state index contributed by atoms with van der Waals surface area (Å²) in [6, 6.07) is 9.33. The fourth-order valence-corrected chi connectivity index (χ4v) is 3.26. The summed E-state index contributed by atoms with van der Waals surface area (Å²) in [6.45, 7) is 1.16. The van der Waals surface area contributed by atoms with E-state index in [-0.39, 0.29) is 23.5 Å². The summed E-state index contributed by atoms with van der Waals surface area (Å²) >= 11 is 0. The Bertz CT molecular complexity index is 1040. The molecule has 0 aromatic heterocycles. The molecule has 31 heavy (non-hydrogen) atoms. The number of hydrogen-bond acceptors (Lipinski definition) is 5. The Balaban J connectivity index is 2.27. The van der Waals surface area contributed by atoms with Gasteiger partial charge in [0.05, 0.1) is 26.2 Å². The zero-order chi connectivity index (χ0) is 23.3. The Labute approximate surface area is 175 Å². The van der Waals surface area contributed by atoms with E-state index >= 15 is 0 Å². The molecule has 0 spiro atoms. The number of benzene rings is 2. The molecule has 0 bridgehead atoms. The van der Waals surface area contributed by atoms with Crippen molar-refractivity contribution in [2.24, 2.45) is 5.16 Å². The molecule has 0 aliphatic heterocycles. The van der Waals surface area contributed by atoms with Crippen molar-refractivity contribution in [1.29, 1.82) is 0 Å². The number of methoxy groups -OCH3 is 2. The zero-order valence-corrected chi connectivity index (χ0v) is 17.6. The van der Waals surface area contributed by atoms with Gasteiger partial charge >= 0.3 is 16.2 Å². The normalized spacial score (nSPS) is 15.0. The summed E-state index contributed by atoms with van der Waals surface area (Å²) in [5.74, 6) is -0.651. The second-order valence-corrected chi connectivity index (χ2v) is 8.77. The van der Waals surface area contributed by atoms with E-state index in [1.54, 1.807) is 24.3 Å². The van der Waals surface area contributed by atoms with Gasteiger partial charge in [0.1, 0.15) is 17.1 Å². The fraction of sp³-hybridized carbons (Fsp3) is 0.200. The van der Waals surface area contributed by atoms with Gasteiger partial charge in [-0.1, -0.05) is 61.0 Å². The number of nitrogens with zero attached hydrogens (tertiary/aromatic N) is 1. The standard InChI is InChI=1S/C20H20F5NO4S/c1-14(15-8-6-9-17(11-15)31(21,22,23,24)25)26-30-12-16-7-4-5-10-18(16)19(13-28-2)20(27)29-3/h4-11,13H,12H2,1-3H3/b19-13-,26-14+. The van der Waals surface area contributed by atoms with Gasteiger partial charge in [-0.2, -0.15) is 0 Å². The van der Waals surface area contributed by atoms with E-state index in [4.69, 9.17) is 14.3 Å². The molecule has 0 radical (unpaired) electrons. The Hall–Kier alpha value is -3.08. The second kappa shape index (κ2) is 8.22. The van der Waals surface area contributed by atoms with Crippen LogP contribution in [0.2, 0.25) is 0 Å². The highest BCUT2D eigenvalue weighted by Crippen LogP contribution is 3.02. The average molecular weight is 465 g/mol. The second-order valence-electron chi connectivity index (χ2n) is 6.36. The van der Waals surface area contributed by atoms with Crippen LogP contribution in [0.4, 0.5) is 19.4 Å². The molecule has 11 heteroatoms. The highest BCUT2D eigenvalue weighted by molar-refractivity contribution is 8.45. The lowest BCUT2D eigenvalue weighted by atomic mass is 10.0. The molecule has 0 aliphatic carbocycles. The molecule has 2 rings (SSSR count). The summed E-state index contributed by atoms with van der Waals surface area (Å²) in [5, 5.41) is 3.72. The molecule has 2 aromatic rings. The fourth-order valence-electron chi connectivity index (χ4n) is 2.57. The first kappa shape index (κ1) is 24.2. The molecule has 2 aromatic carbocycles. The van der Waals surface area contributed by atoms with Gasteiger partial charge in [-0.05, 0) is 24.6 Å². The summed E-state index contributed by atoms with van der Waals surface area (Å²) in [5.41, 5.74) is 0.851. The predicted molar refractivity (Wildman–Crippen MR) is 108 cm³/mol. The predicted octanol–water partition coefficient (Wildman–Crippen LogP) is 6.45. The molecule has 0 aliphatic rings. The van der Waals surface area contributed by atoms with Gasteiger partial charge < -0.3 is 14.3 Å². The Morgan fingerprint density at radius 2 is 1.71 bits per heavy atom. The number of rotatable bonds is 8. The van der Waals surface area contributed by atoms with Gasteiger partial charge in [0.2, 0.25) is 0 Å². The van der Waals surface area contributed by atoms with E-state index in [1.165, 1.54) is 33.5 Å². The van der Waals surface area contributed by atoms with E-state index in [0.717, 1.165) is 6.07 Å². The number of ether oxygens (including phenoxy) is 2. The lowest BCUT2D eigenvalue weighted by Crippen LogP contribution is -2.08. The van der Waals surface area contributed by atoms with Crippen molar-refractivity contribution in [1.82, 2.24) is 0 Å². The summed E-state index contributed by atoms with van der Waals surface area (Å²) < 4.78 is 74.7. The van der Waals surface area contributed by atoms with Gasteiger partial charge in [0.25, 0.3) is 0 Å². The third kappa shape index (κ3) is 6.45. The monoisotopic (exact) mass is 465 g/mol. The van der Waals surface area contributed by atoms with Crippen molar-refractivity contribution in [3.05, 3.63) is 71.5 Å². The maximum Gasteiger partial charge on any atom is 0.341 e. The number of carbonyl (C=O) groups excluding carboxylic acids is 1. The minimum atomic E-state index is -9.81. The molecule has 0 saturated carbocycles. The molecule has 0 atom stereocenters. The Morgan fingerprint density at radius 3 is 2.32 bits per heavy atom. The molecular weight excluding hydrogens is 445 g/mol. The average Bonchev–Trinajstić information content (AvgIpc) is 2.70. The number of esters is 1.